The smallest absolute Gasteiger partial charge is 0.123 e. The summed E-state index contributed by atoms with van der Waals surface area (Å²) in [6, 6.07) is 5.94. The van der Waals surface area contributed by atoms with Crippen LogP contribution in [0.25, 0.3) is 10.6 Å². The maximum atomic E-state index is 8.97. The van der Waals surface area contributed by atoms with E-state index in [1.807, 2.05) is 30.5 Å². The van der Waals surface area contributed by atoms with Crippen molar-refractivity contribution in [1.29, 1.82) is 0 Å². The van der Waals surface area contributed by atoms with Gasteiger partial charge in [0.25, 0.3) is 0 Å². The molecule has 0 unspecified atom stereocenters. The minimum atomic E-state index is 0.0962. The Morgan fingerprint density at radius 1 is 1.43 bits per heavy atom. The lowest BCUT2D eigenvalue weighted by molar-refractivity contribution is 0.282. The number of aliphatic hydroxyl groups is 1. The van der Waals surface area contributed by atoms with Gasteiger partial charge in [-0.3, -0.25) is 0 Å². The van der Waals surface area contributed by atoms with Crippen LogP contribution in [0.3, 0.4) is 0 Å². The Kier molecular flexibility index (Phi) is 2.61. The summed E-state index contributed by atoms with van der Waals surface area (Å²) in [4.78, 5) is 4.26. The quantitative estimate of drug-likeness (QED) is 0.817. The van der Waals surface area contributed by atoms with Gasteiger partial charge in [-0.1, -0.05) is 18.2 Å². The van der Waals surface area contributed by atoms with Crippen molar-refractivity contribution in [1.82, 2.24) is 4.98 Å². The second-order valence-corrected chi connectivity index (χ2v) is 4.04. The van der Waals surface area contributed by atoms with Crippen LogP contribution < -0.4 is 0 Å². The van der Waals surface area contributed by atoms with Gasteiger partial charge in [-0.2, -0.15) is 0 Å². The third-order valence-electron chi connectivity index (χ3n) is 2.14. The van der Waals surface area contributed by atoms with Gasteiger partial charge in [-0.25, -0.2) is 4.98 Å². The Morgan fingerprint density at radius 2 is 2.29 bits per heavy atom. The molecule has 0 bridgehead atoms. The molecular formula is C11H11NOS. The highest BCUT2D eigenvalue weighted by Crippen LogP contribution is 2.25. The lowest BCUT2D eigenvalue weighted by Gasteiger charge is -2.04. The minimum absolute atomic E-state index is 0.0962. The molecule has 0 amide bonds. The van der Waals surface area contributed by atoms with Crippen molar-refractivity contribution in [2.45, 2.75) is 13.5 Å². The second-order valence-electron chi connectivity index (χ2n) is 3.14. The highest BCUT2D eigenvalue weighted by Gasteiger charge is 2.04. The molecule has 1 N–H and O–H groups in total. The average Bonchev–Trinajstić information content (AvgIpc) is 2.70. The number of aryl methyl sites for hydroxylation is 1. The summed E-state index contributed by atoms with van der Waals surface area (Å²) < 4.78 is 0. The van der Waals surface area contributed by atoms with E-state index in [9.17, 15) is 0 Å². The molecule has 0 aliphatic heterocycles. The number of hydrogen-bond acceptors (Lipinski definition) is 3. The molecule has 0 saturated carbocycles. The highest BCUT2D eigenvalue weighted by molar-refractivity contribution is 7.13. The topological polar surface area (TPSA) is 33.1 Å². The van der Waals surface area contributed by atoms with E-state index in [-0.39, 0.29) is 6.61 Å². The Balaban J connectivity index is 2.46. The first-order valence-electron chi connectivity index (χ1n) is 4.41. The summed E-state index contributed by atoms with van der Waals surface area (Å²) in [5.74, 6) is 0. The van der Waals surface area contributed by atoms with Crippen LogP contribution in [0.2, 0.25) is 0 Å². The Labute approximate surface area is 86.9 Å². The predicted molar refractivity (Wildman–Crippen MR) is 58.2 cm³/mol. The van der Waals surface area contributed by atoms with Crippen LogP contribution in [-0.4, -0.2) is 10.1 Å². The summed E-state index contributed by atoms with van der Waals surface area (Å²) >= 11 is 1.63. The Hall–Kier alpha value is -1.19. The lowest BCUT2D eigenvalue weighted by atomic mass is 10.1. The van der Waals surface area contributed by atoms with Gasteiger partial charge in [-0.05, 0) is 18.1 Å². The summed E-state index contributed by atoms with van der Waals surface area (Å²) in [7, 11) is 0. The van der Waals surface area contributed by atoms with E-state index in [1.54, 1.807) is 17.5 Å². The Bertz CT molecular complexity index is 423. The van der Waals surface area contributed by atoms with Gasteiger partial charge in [0.05, 0.1) is 6.61 Å². The van der Waals surface area contributed by atoms with Crippen LogP contribution in [0.15, 0.2) is 29.8 Å². The summed E-state index contributed by atoms with van der Waals surface area (Å²) in [6.07, 6.45) is 1.80. The molecular weight excluding hydrogens is 194 g/mol. The van der Waals surface area contributed by atoms with E-state index in [0.29, 0.717) is 0 Å². The SMILES string of the molecule is Cc1cc(CO)ccc1-c1nccs1. The third-order valence-corrected chi connectivity index (χ3v) is 2.94. The number of nitrogens with zero attached hydrogens (tertiary/aromatic N) is 1. The van der Waals surface area contributed by atoms with Gasteiger partial charge in [0.2, 0.25) is 0 Å². The maximum absolute atomic E-state index is 8.97. The van der Waals surface area contributed by atoms with Crippen molar-refractivity contribution in [3.8, 4) is 10.6 Å². The standard InChI is InChI=1S/C11H11NOS/c1-8-6-9(7-13)2-3-10(8)11-12-4-5-14-11/h2-6,13H,7H2,1H3. The molecule has 1 aromatic heterocycles. The first kappa shape index (κ1) is 9.37. The molecule has 3 heteroatoms. The second kappa shape index (κ2) is 3.90. The van der Waals surface area contributed by atoms with E-state index in [0.717, 1.165) is 21.7 Å². The molecule has 0 aliphatic rings. The summed E-state index contributed by atoms with van der Waals surface area (Å²) in [5.41, 5.74) is 3.26. The maximum Gasteiger partial charge on any atom is 0.123 e. The lowest BCUT2D eigenvalue weighted by Crippen LogP contribution is -1.87. The monoisotopic (exact) mass is 205 g/mol. The first-order chi connectivity index (χ1) is 6.81. The Morgan fingerprint density at radius 3 is 2.86 bits per heavy atom. The fourth-order valence-corrected chi connectivity index (χ4v) is 2.15. The van der Waals surface area contributed by atoms with Crippen molar-refractivity contribution < 1.29 is 5.11 Å². The van der Waals surface area contributed by atoms with Gasteiger partial charge >= 0.3 is 0 Å². The number of thiazole rings is 1. The normalized spacial score (nSPS) is 10.4. The zero-order chi connectivity index (χ0) is 9.97. The van der Waals surface area contributed by atoms with Crippen molar-refractivity contribution in [3.05, 3.63) is 40.9 Å². The fourth-order valence-electron chi connectivity index (χ4n) is 1.42. The van der Waals surface area contributed by atoms with Crippen LogP contribution >= 0.6 is 11.3 Å². The van der Waals surface area contributed by atoms with E-state index < -0.39 is 0 Å². The minimum Gasteiger partial charge on any atom is -0.392 e. The fraction of sp³-hybridized carbons (Fsp3) is 0.182. The number of hydrogen-bond donors (Lipinski definition) is 1. The summed E-state index contributed by atoms with van der Waals surface area (Å²) in [6.45, 7) is 2.13. The highest BCUT2D eigenvalue weighted by atomic mass is 32.1. The molecule has 0 saturated heterocycles. The molecule has 1 heterocycles. The molecule has 0 spiro atoms. The van der Waals surface area contributed by atoms with Crippen LogP contribution in [0.1, 0.15) is 11.1 Å². The first-order valence-corrected chi connectivity index (χ1v) is 5.29. The molecule has 0 aliphatic carbocycles. The zero-order valence-corrected chi connectivity index (χ0v) is 8.71. The molecule has 14 heavy (non-hydrogen) atoms. The number of rotatable bonds is 2. The molecule has 2 aromatic rings. The van der Waals surface area contributed by atoms with Crippen LogP contribution in [0, 0.1) is 6.92 Å². The number of benzene rings is 1. The van der Waals surface area contributed by atoms with E-state index >= 15 is 0 Å². The van der Waals surface area contributed by atoms with Gasteiger partial charge in [0.1, 0.15) is 5.01 Å². The van der Waals surface area contributed by atoms with Crippen LogP contribution in [0.4, 0.5) is 0 Å². The molecule has 0 fully saturated rings. The van der Waals surface area contributed by atoms with E-state index in [4.69, 9.17) is 5.11 Å². The van der Waals surface area contributed by atoms with E-state index in [1.165, 1.54) is 0 Å². The van der Waals surface area contributed by atoms with Crippen molar-refractivity contribution >= 4 is 11.3 Å². The molecule has 2 rings (SSSR count). The van der Waals surface area contributed by atoms with Crippen molar-refractivity contribution in [2.24, 2.45) is 0 Å². The molecule has 1 aromatic carbocycles. The average molecular weight is 205 g/mol. The van der Waals surface area contributed by atoms with Crippen molar-refractivity contribution in [3.63, 3.8) is 0 Å². The molecule has 0 radical (unpaired) electrons. The van der Waals surface area contributed by atoms with Crippen LogP contribution in [-0.2, 0) is 6.61 Å². The van der Waals surface area contributed by atoms with Crippen molar-refractivity contribution in [2.75, 3.05) is 0 Å². The molecule has 2 nitrogen and oxygen atoms in total. The van der Waals surface area contributed by atoms with Gasteiger partial charge in [0, 0.05) is 17.1 Å². The van der Waals surface area contributed by atoms with E-state index in [2.05, 4.69) is 4.98 Å². The van der Waals surface area contributed by atoms with Gasteiger partial charge in [0.15, 0.2) is 0 Å². The summed E-state index contributed by atoms with van der Waals surface area (Å²) in [5, 5.41) is 12.0. The van der Waals surface area contributed by atoms with Gasteiger partial charge in [-0.15, -0.1) is 11.3 Å². The van der Waals surface area contributed by atoms with Gasteiger partial charge < -0.3 is 5.11 Å². The largest absolute Gasteiger partial charge is 0.392 e. The van der Waals surface area contributed by atoms with Crippen LogP contribution in [0.5, 0.6) is 0 Å². The number of aromatic nitrogens is 1. The third kappa shape index (κ3) is 1.69. The molecule has 0 atom stereocenters. The molecule has 72 valence electrons. The zero-order valence-electron chi connectivity index (χ0n) is 7.90. The predicted octanol–water partition coefficient (Wildman–Crippen LogP) is 2.61. The number of aliphatic hydroxyl groups excluding tert-OH is 1.